The second-order valence-corrected chi connectivity index (χ2v) is 6.22. The zero-order chi connectivity index (χ0) is 11.1. The average molecular weight is 268 g/mol. The summed E-state index contributed by atoms with van der Waals surface area (Å²) < 4.78 is 1.27. The van der Waals surface area contributed by atoms with Gasteiger partial charge in [-0.15, -0.1) is 0 Å². The van der Waals surface area contributed by atoms with Crippen LogP contribution in [0.2, 0.25) is 0 Å². The third-order valence-corrected chi connectivity index (χ3v) is 3.89. The van der Waals surface area contributed by atoms with E-state index in [1.54, 1.807) is 0 Å². The van der Waals surface area contributed by atoms with Gasteiger partial charge in [0.2, 0.25) is 0 Å². The number of halogens is 1. The van der Waals surface area contributed by atoms with Crippen LogP contribution < -0.4 is 5.32 Å². The number of rotatable bonds is 0. The van der Waals surface area contributed by atoms with Gasteiger partial charge in [0.25, 0.3) is 0 Å². The van der Waals surface area contributed by atoms with Gasteiger partial charge >= 0.3 is 0 Å². The topological polar surface area (TPSA) is 12.0 Å². The highest BCUT2D eigenvalue weighted by atomic mass is 79.9. The smallest absolute Gasteiger partial charge is 0.0214 e. The molecule has 1 aliphatic rings. The van der Waals surface area contributed by atoms with Crippen LogP contribution in [0.5, 0.6) is 0 Å². The summed E-state index contributed by atoms with van der Waals surface area (Å²) in [6.45, 7) is 9.02. The number of hydrogen-bond donors (Lipinski definition) is 1. The van der Waals surface area contributed by atoms with Crippen LogP contribution in [0.15, 0.2) is 22.7 Å². The molecule has 15 heavy (non-hydrogen) atoms. The first kappa shape index (κ1) is 11.2. The Hall–Kier alpha value is -0.340. The predicted octanol–water partition coefficient (Wildman–Crippen LogP) is 3.68. The van der Waals surface area contributed by atoms with E-state index in [2.05, 4.69) is 60.2 Å². The van der Waals surface area contributed by atoms with E-state index in [0.717, 1.165) is 13.1 Å². The molecule has 0 amide bonds. The van der Waals surface area contributed by atoms with Crippen molar-refractivity contribution in [2.24, 2.45) is 5.41 Å². The average Bonchev–Trinajstić information content (AvgIpc) is 2.16. The van der Waals surface area contributed by atoms with Gasteiger partial charge < -0.3 is 5.32 Å². The van der Waals surface area contributed by atoms with Crippen LogP contribution in [0, 0.1) is 5.41 Å². The Balaban J connectivity index is 2.50. The molecule has 0 fully saturated rings. The van der Waals surface area contributed by atoms with Gasteiger partial charge in [-0.1, -0.05) is 48.8 Å². The third kappa shape index (κ3) is 2.11. The lowest BCUT2D eigenvalue weighted by molar-refractivity contribution is 0.295. The van der Waals surface area contributed by atoms with E-state index in [1.807, 2.05) is 0 Å². The number of benzene rings is 1. The first-order chi connectivity index (χ1) is 7.00. The monoisotopic (exact) mass is 267 g/mol. The van der Waals surface area contributed by atoms with Crippen molar-refractivity contribution >= 4 is 15.9 Å². The van der Waals surface area contributed by atoms with Gasteiger partial charge in [-0.2, -0.15) is 0 Å². The quantitative estimate of drug-likeness (QED) is 0.756. The first-order valence-electron chi connectivity index (χ1n) is 5.48. The van der Waals surface area contributed by atoms with Crippen LogP contribution in [0.1, 0.15) is 37.8 Å². The third-order valence-electron chi connectivity index (χ3n) is 3.20. The number of nitrogens with one attached hydrogen (secondary N) is 1. The van der Waals surface area contributed by atoms with Gasteiger partial charge in [0, 0.05) is 23.5 Å². The van der Waals surface area contributed by atoms with E-state index < -0.39 is 0 Å². The maximum Gasteiger partial charge on any atom is 0.0214 e. The van der Waals surface area contributed by atoms with Crippen molar-refractivity contribution in [2.45, 2.75) is 33.2 Å². The van der Waals surface area contributed by atoms with Crippen molar-refractivity contribution in [1.29, 1.82) is 0 Å². The summed E-state index contributed by atoms with van der Waals surface area (Å²) in [5.74, 6) is 0.594. The molecule has 0 saturated carbocycles. The minimum absolute atomic E-state index is 0.312. The largest absolute Gasteiger partial charge is 0.312 e. The maximum absolute atomic E-state index is 3.69. The van der Waals surface area contributed by atoms with E-state index in [4.69, 9.17) is 0 Å². The highest BCUT2D eigenvalue weighted by molar-refractivity contribution is 9.10. The Morgan fingerprint density at radius 1 is 1.33 bits per heavy atom. The summed E-state index contributed by atoms with van der Waals surface area (Å²) in [4.78, 5) is 0. The molecule has 0 radical (unpaired) electrons. The first-order valence-corrected chi connectivity index (χ1v) is 6.27. The molecule has 1 nitrogen and oxygen atoms in total. The molecular formula is C13H18BrN. The van der Waals surface area contributed by atoms with Crippen LogP contribution in [0.4, 0.5) is 0 Å². The molecule has 1 heterocycles. The molecule has 2 heteroatoms. The van der Waals surface area contributed by atoms with Gasteiger partial charge in [-0.05, 0) is 22.6 Å². The van der Waals surface area contributed by atoms with Gasteiger partial charge in [-0.25, -0.2) is 0 Å². The maximum atomic E-state index is 3.69. The van der Waals surface area contributed by atoms with E-state index in [1.165, 1.54) is 15.6 Å². The van der Waals surface area contributed by atoms with Crippen LogP contribution in [0.25, 0.3) is 0 Å². The molecule has 0 spiro atoms. The second kappa shape index (κ2) is 3.91. The fraction of sp³-hybridized carbons (Fsp3) is 0.538. The molecule has 0 aliphatic carbocycles. The Bertz CT molecular complexity index is 365. The second-order valence-electron chi connectivity index (χ2n) is 5.36. The highest BCUT2D eigenvalue weighted by Gasteiger charge is 2.31. The summed E-state index contributed by atoms with van der Waals surface area (Å²) in [6, 6.07) is 6.50. The SMILES string of the molecule is CC(C)(C)C1CNCc2cccc(Br)c21. The lowest BCUT2D eigenvalue weighted by Crippen LogP contribution is -2.35. The predicted molar refractivity (Wildman–Crippen MR) is 68.0 cm³/mol. The van der Waals surface area contributed by atoms with Crippen LogP contribution in [-0.4, -0.2) is 6.54 Å². The summed E-state index contributed by atoms with van der Waals surface area (Å²) in [6.07, 6.45) is 0. The Morgan fingerprint density at radius 2 is 2.07 bits per heavy atom. The Morgan fingerprint density at radius 3 is 2.73 bits per heavy atom. The molecule has 1 N–H and O–H groups in total. The summed E-state index contributed by atoms with van der Waals surface area (Å²) in [5, 5.41) is 3.50. The zero-order valence-electron chi connectivity index (χ0n) is 9.60. The van der Waals surface area contributed by atoms with Crippen molar-refractivity contribution in [2.75, 3.05) is 6.54 Å². The number of hydrogen-bond acceptors (Lipinski definition) is 1. The molecule has 0 bridgehead atoms. The van der Waals surface area contributed by atoms with Gasteiger partial charge in [0.15, 0.2) is 0 Å². The molecule has 1 aromatic rings. The van der Waals surface area contributed by atoms with Crippen molar-refractivity contribution in [3.8, 4) is 0 Å². The standard InChI is InChI=1S/C13H18BrN/c1-13(2,3)10-8-15-7-9-5-4-6-11(14)12(9)10/h4-6,10,15H,7-8H2,1-3H3. The van der Waals surface area contributed by atoms with Crippen molar-refractivity contribution in [1.82, 2.24) is 5.32 Å². The van der Waals surface area contributed by atoms with Crippen molar-refractivity contribution < 1.29 is 0 Å². The molecule has 1 atom stereocenters. The fourth-order valence-electron chi connectivity index (χ4n) is 2.32. The Labute approximate surface area is 100 Å². The van der Waals surface area contributed by atoms with Gasteiger partial charge in [0.1, 0.15) is 0 Å². The van der Waals surface area contributed by atoms with Crippen LogP contribution in [-0.2, 0) is 6.54 Å². The van der Waals surface area contributed by atoms with Crippen molar-refractivity contribution in [3.63, 3.8) is 0 Å². The number of fused-ring (bicyclic) bond motifs is 1. The van der Waals surface area contributed by atoms with Crippen molar-refractivity contribution in [3.05, 3.63) is 33.8 Å². The van der Waals surface area contributed by atoms with Crippen LogP contribution >= 0.6 is 15.9 Å². The normalized spacial score (nSPS) is 21.2. The molecule has 1 aromatic carbocycles. The fourth-order valence-corrected chi connectivity index (χ4v) is 3.00. The van der Waals surface area contributed by atoms with E-state index >= 15 is 0 Å². The van der Waals surface area contributed by atoms with Gasteiger partial charge in [-0.3, -0.25) is 0 Å². The molecule has 82 valence electrons. The zero-order valence-corrected chi connectivity index (χ0v) is 11.2. The summed E-state index contributed by atoms with van der Waals surface area (Å²) >= 11 is 3.69. The van der Waals surface area contributed by atoms with Crippen LogP contribution in [0.3, 0.4) is 0 Å². The lowest BCUT2D eigenvalue weighted by atomic mass is 9.73. The lowest BCUT2D eigenvalue weighted by Gasteiger charge is -2.36. The van der Waals surface area contributed by atoms with Gasteiger partial charge in [0.05, 0.1) is 0 Å². The highest BCUT2D eigenvalue weighted by Crippen LogP contribution is 2.41. The molecule has 2 rings (SSSR count). The van der Waals surface area contributed by atoms with E-state index in [9.17, 15) is 0 Å². The summed E-state index contributed by atoms with van der Waals surface area (Å²) in [5.41, 5.74) is 3.26. The summed E-state index contributed by atoms with van der Waals surface area (Å²) in [7, 11) is 0. The minimum atomic E-state index is 0.312. The van der Waals surface area contributed by atoms with E-state index in [0.29, 0.717) is 11.3 Å². The molecule has 0 aromatic heterocycles. The van der Waals surface area contributed by atoms with E-state index in [-0.39, 0.29) is 0 Å². The molecule has 1 unspecified atom stereocenters. The molecule has 0 saturated heterocycles. The minimum Gasteiger partial charge on any atom is -0.312 e. The Kier molecular flexibility index (Phi) is 2.91. The molecule has 1 aliphatic heterocycles. The molecular weight excluding hydrogens is 250 g/mol.